The minimum Gasteiger partial charge on any atom is -0.354 e. The summed E-state index contributed by atoms with van der Waals surface area (Å²) in [5, 5.41) is 5.03. The van der Waals surface area contributed by atoms with Gasteiger partial charge in [0, 0.05) is 16.8 Å². The maximum absolute atomic E-state index is 12.1. The van der Waals surface area contributed by atoms with Crippen LogP contribution in [0.15, 0.2) is 47.8 Å². The lowest BCUT2D eigenvalue weighted by Crippen LogP contribution is -2.46. The van der Waals surface area contributed by atoms with Crippen LogP contribution in [-0.2, 0) is 16.6 Å². The molecule has 0 aliphatic heterocycles. The van der Waals surface area contributed by atoms with Gasteiger partial charge in [-0.15, -0.1) is 11.3 Å². The molecule has 0 bridgehead atoms. The summed E-state index contributed by atoms with van der Waals surface area (Å²) < 4.78 is 0. The summed E-state index contributed by atoms with van der Waals surface area (Å²) in [6, 6.07) is 13.5. The van der Waals surface area contributed by atoms with Crippen molar-refractivity contribution in [1.29, 1.82) is 0 Å². The monoisotopic (exact) mass is 302 g/mol. The Balaban J connectivity index is 1.87. The second kappa shape index (κ2) is 6.87. The zero-order valence-corrected chi connectivity index (χ0v) is 13.3. The summed E-state index contributed by atoms with van der Waals surface area (Å²) in [6.45, 7) is 4.85. The molecule has 0 spiro atoms. The first-order valence-corrected chi connectivity index (χ1v) is 7.98. The molecule has 21 heavy (non-hydrogen) atoms. The van der Waals surface area contributed by atoms with E-state index in [0.29, 0.717) is 13.0 Å². The van der Waals surface area contributed by atoms with Gasteiger partial charge in [-0.05, 0) is 23.4 Å². The van der Waals surface area contributed by atoms with E-state index in [1.54, 1.807) is 11.3 Å². The predicted molar refractivity (Wildman–Crippen MR) is 88.5 cm³/mol. The summed E-state index contributed by atoms with van der Waals surface area (Å²) >= 11 is 1.71. The van der Waals surface area contributed by atoms with Crippen LogP contribution >= 0.6 is 11.3 Å². The molecule has 0 radical (unpaired) electrons. The molecule has 0 saturated carbocycles. The number of nitrogens with two attached hydrogens (primary N) is 1. The van der Waals surface area contributed by atoms with Gasteiger partial charge < -0.3 is 11.1 Å². The molecule has 112 valence electrons. The Labute approximate surface area is 130 Å². The smallest absolute Gasteiger partial charge is 0.237 e. The fourth-order valence-electron chi connectivity index (χ4n) is 2.15. The minimum atomic E-state index is -0.508. The number of hydrogen-bond donors (Lipinski definition) is 2. The zero-order chi connectivity index (χ0) is 15.3. The van der Waals surface area contributed by atoms with Crippen molar-refractivity contribution in [2.24, 2.45) is 5.73 Å². The lowest BCUT2D eigenvalue weighted by atomic mass is 9.91. The number of amides is 1. The average molecular weight is 302 g/mol. The molecule has 1 heterocycles. The predicted octanol–water partition coefficient (Wildman–Crippen LogP) is 2.71. The van der Waals surface area contributed by atoms with Crippen LogP contribution in [0.3, 0.4) is 0 Å². The third-order valence-corrected chi connectivity index (χ3v) is 4.76. The SMILES string of the molecule is CC(C)(CNC(=O)C(N)Cc1ccccc1)c1cccs1. The molecular weight excluding hydrogens is 280 g/mol. The molecule has 1 atom stereocenters. The molecule has 1 amide bonds. The average Bonchev–Trinajstić information content (AvgIpc) is 3.01. The molecule has 0 fully saturated rings. The van der Waals surface area contributed by atoms with Gasteiger partial charge in [0.25, 0.3) is 0 Å². The summed E-state index contributed by atoms with van der Waals surface area (Å²) in [6.07, 6.45) is 0.562. The number of benzene rings is 1. The van der Waals surface area contributed by atoms with Crippen LogP contribution < -0.4 is 11.1 Å². The zero-order valence-electron chi connectivity index (χ0n) is 12.5. The summed E-state index contributed by atoms with van der Waals surface area (Å²) in [5.41, 5.74) is 7.00. The highest BCUT2D eigenvalue weighted by Crippen LogP contribution is 2.26. The highest BCUT2D eigenvalue weighted by molar-refractivity contribution is 7.10. The minimum absolute atomic E-state index is 0.0731. The van der Waals surface area contributed by atoms with Gasteiger partial charge in [-0.3, -0.25) is 4.79 Å². The van der Waals surface area contributed by atoms with E-state index in [4.69, 9.17) is 5.73 Å². The van der Waals surface area contributed by atoms with E-state index in [2.05, 4.69) is 30.6 Å². The van der Waals surface area contributed by atoms with Crippen molar-refractivity contribution in [3.8, 4) is 0 Å². The molecule has 1 aromatic heterocycles. The lowest BCUT2D eigenvalue weighted by molar-refractivity contribution is -0.122. The molecule has 2 aromatic rings. The number of hydrogen-bond acceptors (Lipinski definition) is 3. The molecule has 0 aliphatic rings. The van der Waals surface area contributed by atoms with Crippen LogP contribution in [0.2, 0.25) is 0 Å². The van der Waals surface area contributed by atoms with Crippen LogP contribution in [0.5, 0.6) is 0 Å². The Morgan fingerprint density at radius 3 is 2.57 bits per heavy atom. The maximum Gasteiger partial charge on any atom is 0.237 e. The molecular formula is C17H22N2OS. The second-order valence-corrected chi connectivity index (χ2v) is 6.82. The van der Waals surface area contributed by atoms with Crippen molar-refractivity contribution in [3.05, 3.63) is 58.3 Å². The highest BCUT2D eigenvalue weighted by atomic mass is 32.1. The number of nitrogens with one attached hydrogen (secondary N) is 1. The molecule has 2 rings (SSSR count). The van der Waals surface area contributed by atoms with E-state index >= 15 is 0 Å². The van der Waals surface area contributed by atoms with E-state index in [-0.39, 0.29) is 11.3 Å². The Morgan fingerprint density at radius 1 is 1.24 bits per heavy atom. The molecule has 1 unspecified atom stereocenters. The second-order valence-electron chi connectivity index (χ2n) is 5.88. The van der Waals surface area contributed by atoms with E-state index < -0.39 is 6.04 Å². The molecule has 0 aliphatic carbocycles. The number of rotatable bonds is 6. The first kappa shape index (κ1) is 15.7. The fraction of sp³-hybridized carbons (Fsp3) is 0.353. The van der Waals surface area contributed by atoms with Crippen molar-refractivity contribution < 1.29 is 4.79 Å². The van der Waals surface area contributed by atoms with Crippen molar-refractivity contribution in [2.75, 3.05) is 6.54 Å². The van der Waals surface area contributed by atoms with Gasteiger partial charge in [-0.1, -0.05) is 50.2 Å². The van der Waals surface area contributed by atoms with Gasteiger partial charge >= 0.3 is 0 Å². The van der Waals surface area contributed by atoms with E-state index in [1.165, 1.54) is 4.88 Å². The lowest BCUT2D eigenvalue weighted by Gasteiger charge is -2.24. The van der Waals surface area contributed by atoms with Gasteiger partial charge in [0.1, 0.15) is 0 Å². The fourth-order valence-corrected chi connectivity index (χ4v) is 3.00. The summed E-state index contributed by atoms with van der Waals surface area (Å²) in [5.74, 6) is -0.0940. The van der Waals surface area contributed by atoms with Crippen molar-refractivity contribution in [1.82, 2.24) is 5.32 Å². The van der Waals surface area contributed by atoms with Crippen LogP contribution in [-0.4, -0.2) is 18.5 Å². The van der Waals surface area contributed by atoms with Gasteiger partial charge in [0.15, 0.2) is 0 Å². The Morgan fingerprint density at radius 2 is 1.95 bits per heavy atom. The van der Waals surface area contributed by atoms with Gasteiger partial charge in [-0.2, -0.15) is 0 Å². The largest absolute Gasteiger partial charge is 0.354 e. The Bertz CT molecular complexity index is 564. The van der Waals surface area contributed by atoms with Gasteiger partial charge in [0.05, 0.1) is 6.04 Å². The number of carbonyl (C=O) groups excluding carboxylic acids is 1. The van der Waals surface area contributed by atoms with Crippen LogP contribution in [0.25, 0.3) is 0 Å². The van der Waals surface area contributed by atoms with Gasteiger partial charge in [0.2, 0.25) is 5.91 Å². The number of thiophene rings is 1. The van der Waals surface area contributed by atoms with E-state index in [1.807, 2.05) is 36.4 Å². The third kappa shape index (κ3) is 4.41. The molecule has 1 aromatic carbocycles. The molecule has 0 saturated heterocycles. The van der Waals surface area contributed by atoms with Gasteiger partial charge in [-0.25, -0.2) is 0 Å². The summed E-state index contributed by atoms with van der Waals surface area (Å²) in [4.78, 5) is 13.4. The topological polar surface area (TPSA) is 55.1 Å². The maximum atomic E-state index is 12.1. The van der Waals surface area contributed by atoms with Crippen LogP contribution in [0.4, 0.5) is 0 Å². The Kier molecular flexibility index (Phi) is 5.15. The molecule has 3 nitrogen and oxygen atoms in total. The van der Waals surface area contributed by atoms with E-state index in [9.17, 15) is 4.79 Å². The standard InChI is InChI=1S/C17H22N2OS/c1-17(2,15-9-6-10-21-15)12-19-16(20)14(18)11-13-7-4-3-5-8-13/h3-10,14H,11-12,18H2,1-2H3,(H,19,20). The molecule has 4 heteroatoms. The van der Waals surface area contributed by atoms with Crippen molar-refractivity contribution in [2.45, 2.75) is 31.7 Å². The first-order valence-electron chi connectivity index (χ1n) is 7.10. The molecule has 3 N–H and O–H groups in total. The third-order valence-electron chi connectivity index (χ3n) is 3.53. The normalized spacial score (nSPS) is 12.9. The van der Waals surface area contributed by atoms with Crippen LogP contribution in [0.1, 0.15) is 24.3 Å². The van der Waals surface area contributed by atoms with Crippen LogP contribution in [0, 0.1) is 0 Å². The van der Waals surface area contributed by atoms with Crippen molar-refractivity contribution >= 4 is 17.2 Å². The quantitative estimate of drug-likeness (QED) is 0.862. The van der Waals surface area contributed by atoms with Crippen molar-refractivity contribution in [3.63, 3.8) is 0 Å². The number of carbonyl (C=O) groups is 1. The van der Waals surface area contributed by atoms with E-state index in [0.717, 1.165) is 5.56 Å². The highest BCUT2D eigenvalue weighted by Gasteiger charge is 2.23. The Hall–Kier alpha value is -1.65. The first-order chi connectivity index (χ1) is 9.99. The summed E-state index contributed by atoms with van der Waals surface area (Å²) in [7, 11) is 0.